The van der Waals surface area contributed by atoms with Crippen LogP contribution in [0.4, 0.5) is 0 Å². The number of ether oxygens (including phenoxy) is 3. The third-order valence-corrected chi connectivity index (χ3v) is 15.9. The van der Waals surface area contributed by atoms with Crippen LogP contribution in [0.15, 0.2) is 36.5 Å². The Morgan fingerprint density at radius 3 is 0.731 bits per heavy atom. The van der Waals surface area contributed by atoms with Gasteiger partial charge in [0.25, 0.3) is 0 Å². The van der Waals surface area contributed by atoms with E-state index in [1.807, 2.05) is 0 Å². The minimum absolute atomic E-state index is 0.0684. The first-order chi connectivity index (χ1) is 38.5. The highest BCUT2D eigenvalue weighted by Gasteiger charge is 2.19. The fourth-order valence-electron chi connectivity index (χ4n) is 10.6. The molecule has 0 saturated carbocycles. The molecule has 1 atom stereocenters. The Hall–Kier alpha value is -2.37. The average molecular weight is 1100 g/mol. The van der Waals surface area contributed by atoms with E-state index in [4.69, 9.17) is 14.2 Å². The van der Waals surface area contributed by atoms with Crippen molar-refractivity contribution in [3.05, 3.63) is 36.5 Å². The molecule has 0 radical (unpaired) electrons. The van der Waals surface area contributed by atoms with Crippen molar-refractivity contribution in [2.75, 3.05) is 13.2 Å². The fourth-order valence-corrected chi connectivity index (χ4v) is 10.6. The van der Waals surface area contributed by atoms with Gasteiger partial charge in [-0.2, -0.15) is 0 Å². The highest BCUT2D eigenvalue weighted by molar-refractivity contribution is 5.71. The summed E-state index contributed by atoms with van der Waals surface area (Å²) in [4.78, 5) is 38.3. The summed E-state index contributed by atoms with van der Waals surface area (Å²) >= 11 is 0. The van der Waals surface area contributed by atoms with E-state index in [0.29, 0.717) is 19.3 Å². The molecule has 0 aromatic rings. The maximum Gasteiger partial charge on any atom is 0.306 e. The van der Waals surface area contributed by atoms with Crippen LogP contribution in [0, 0.1) is 0 Å². The van der Waals surface area contributed by atoms with Gasteiger partial charge in [0.05, 0.1) is 0 Å². The van der Waals surface area contributed by atoms with Gasteiger partial charge in [0.15, 0.2) is 6.10 Å². The van der Waals surface area contributed by atoms with E-state index >= 15 is 0 Å². The van der Waals surface area contributed by atoms with Gasteiger partial charge in [-0.25, -0.2) is 0 Å². The molecule has 0 rings (SSSR count). The first-order valence-electron chi connectivity index (χ1n) is 35.0. The van der Waals surface area contributed by atoms with Gasteiger partial charge in [0.2, 0.25) is 0 Å². The third kappa shape index (κ3) is 64.5. The number of carbonyl (C=O) groups excluding carboxylic acids is 3. The predicted octanol–water partition coefficient (Wildman–Crippen LogP) is 23.9. The summed E-state index contributed by atoms with van der Waals surface area (Å²) in [7, 11) is 0. The molecular weight excluding hydrogens is 961 g/mol. The van der Waals surface area contributed by atoms with E-state index in [-0.39, 0.29) is 31.1 Å². The van der Waals surface area contributed by atoms with E-state index in [1.54, 1.807) is 0 Å². The summed E-state index contributed by atoms with van der Waals surface area (Å²) < 4.78 is 16.9. The van der Waals surface area contributed by atoms with Gasteiger partial charge in [0, 0.05) is 19.3 Å². The molecular formula is C72H134O6. The Morgan fingerprint density at radius 1 is 0.256 bits per heavy atom. The van der Waals surface area contributed by atoms with Crippen LogP contribution in [0.2, 0.25) is 0 Å². The standard InChI is InChI=1S/C72H134O6/c1-4-7-10-13-16-19-22-25-27-28-29-30-31-32-33-34-35-36-37-38-39-40-41-42-43-44-45-48-50-53-56-59-62-65-71(74)77-68-69(67-76-70(73)64-61-58-55-52-49-46-24-21-18-15-12-9-6-3)78-72(75)66-63-60-57-54-51-47-26-23-20-17-14-11-8-5-2/h21-22,24-25,28-29,69H,4-20,23,26-27,30-68H2,1-3H3/b24-21-,25-22-,29-28-. The van der Waals surface area contributed by atoms with Gasteiger partial charge < -0.3 is 14.2 Å². The van der Waals surface area contributed by atoms with Crippen LogP contribution in [0.3, 0.4) is 0 Å². The highest BCUT2D eigenvalue weighted by atomic mass is 16.6. The van der Waals surface area contributed by atoms with Crippen LogP contribution in [-0.2, 0) is 28.6 Å². The summed E-state index contributed by atoms with van der Waals surface area (Å²) in [5.74, 6) is -0.851. The highest BCUT2D eigenvalue weighted by Crippen LogP contribution is 2.18. The van der Waals surface area contributed by atoms with Crippen molar-refractivity contribution in [3.63, 3.8) is 0 Å². The van der Waals surface area contributed by atoms with Gasteiger partial charge in [0.1, 0.15) is 13.2 Å². The number of hydrogen-bond donors (Lipinski definition) is 0. The van der Waals surface area contributed by atoms with Crippen molar-refractivity contribution in [1.29, 1.82) is 0 Å². The van der Waals surface area contributed by atoms with Gasteiger partial charge in [-0.15, -0.1) is 0 Å². The van der Waals surface area contributed by atoms with Crippen molar-refractivity contribution in [2.24, 2.45) is 0 Å². The summed E-state index contributed by atoms with van der Waals surface area (Å²) in [6.07, 6.45) is 83.3. The smallest absolute Gasteiger partial charge is 0.306 e. The fraction of sp³-hybridized carbons (Fsp3) is 0.875. The second-order valence-electron chi connectivity index (χ2n) is 23.8. The summed E-state index contributed by atoms with van der Waals surface area (Å²) in [6.45, 7) is 6.67. The molecule has 0 aromatic carbocycles. The lowest BCUT2D eigenvalue weighted by Gasteiger charge is -2.18. The van der Waals surface area contributed by atoms with E-state index in [2.05, 4.69) is 57.2 Å². The lowest BCUT2D eigenvalue weighted by molar-refractivity contribution is -0.167. The van der Waals surface area contributed by atoms with Crippen LogP contribution >= 0.6 is 0 Å². The summed E-state index contributed by atoms with van der Waals surface area (Å²) in [5.41, 5.74) is 0. The molecule has 6 heteroatoms. The molecule has 0 amide bonds. The molecule has 458 valence electrons. The lowest BCUT2D eigenvalue weighted by atomic mass is 10.0. The monoisotopic (exact) mass is 1100 g/mol. The number of esters is 3. The molecule has 0 fully saturated rings. The van der Waals surface area contributed by atoms with E-state index in [0.717, 1.165) is 70.6 Å². The van der Waals surface area contributed by atoms with E-state index in [9.17, 15) is 14.4 Å². The van der Waals surface area contributed by atoms with E-state index in [1.165, 1.54) is 276 Å². The second-order valence-corrected chi connectivity index (χ2v) is 23.8. The molecule has 0 saturated heterocycles. The molecule has 0 heterocycles. The molecule has 1 unspecified atom stereocenters. The van der Waals surface area contributed by atoms with Gasteiger partial charge in [-0.05, 0) is 77.0 Å². The molecule has 0 spiro atoms. The zero-order valence-corrected chi connectivity index (χ0v) is 52.7. The number of unbranched alkanes of at least 4 members (excludes halogenated alkanes) is 48. The number of allylic oxidation sites excluding steroid dienone is 6. The SMILES string of the molecule is CCCCCC/C=C\CCCCCCCC(=O)OCC(COC(=O)CCCCCCCCCCCCCCCCCCCCCCC/C=C\C/C=C\CCCCCCC)OC(=O)CCCCCCCCCCCCCCCC. The Morgan fingerprint density at radius 2 is 0.462 bits per heavy atom. The Bertz CT molecular complexity index is 1300. The zero-order chi connectivity index (χ0) is 56.4. The molecule has 0 bridgehead atoms. The minimum Gasteiger partial charge on any atom is -0.462 e. The molecule has 78 heavy (non-hydrogen) atoms. The molecule has 0 aliphatic rings. The van der Waals surface area contributed by atoms with Crippen LogP contribution in [0.1, 0.15) is 387 Å². The molecule has 0 aliphatic heterocycles. The Labute approximate surface area is 486 Å². The third-order valence-electron chi connectivity index (χ3n) is 15.9. The summed E-state index contributed by atoms with van der Waals surface area (Å²) in [5, 5.41) is 0. The summed E-state index contributed by atoms with van der Waals surface area (Å²) in [6, 6.07) is 0. The second kappa shape index (κ2) is 67.1. The van der Waals surface area contributed by atoms with Crippen LogP contribution < -0.4 is 0 Å². The first-order valence-corrected chi connectivity index (χ1v) is 35.0. The van der Waals surface area contributed by atoms with Crippen LogP contribution in [-0.4, -0.2) is 37.2 Å². The van der Waals surface area contributed by atoms with Gasteiger partial charge >= 0.3 is 17.9 Å². The minimum atomic E-state index is -0.771. The molecule has 6 nitrogen and oxygen atoms in total. The topological polar surface area (TPSA) is 78.9 Å². The van der Waals surface area contributed by atoms with Crippen molar-refractivity contribution >= 4 is 17.9 Å². The van der Waals surface area contributed by atoms with E-state index < -0.39 is 6.10 Å². The normalized spacial score (nSPS) is 12.2. The average Bonchev–Trinajstić information content (AvgIpc) is 3.44. The van der Waals surface area contributed by atoms with Crippen molar-refractivity contribution < 1.29 is 28.6 Å². The van der Waals surface area contributed by atoms with Crippen molar-refractivity contribution in [1.82, 2.24) is 0 Å². The molecule has 0 aliphatic carbocycles. The Balaban J connectivity index is 4.07. The maximum atomic E-state index is 12.9. The number of carbonyl (C=O) groups is 3. The lowest BCUT2D eigenvalue weighted by Crippen LogP contribution is -2.30. The van der Waals surface area contributed by atoms with Crippen molar-refractivity contribution in [2.45, 2.75) is 393 Å². The van der Waals surface area contributed by atoms with Gasteiger partial charge in [-0.3, -0.25) is 14.4 Å². The van der Waals surface area contributed by atoms with Gasteiger partial charge in [-0.1, -0.05) is 327 Å². The molecule has 0 aromatic heterocycles. The number of hydrogen-bond acceptors (Lipinski definition) is 6. The maximum absolute atomic E-state index is 12.9. The van der Waals surface area contributed by atoms with Crippen molar-refractivity contribution in [3.8, 4) is 0 Å². The number of rotatable bonds is 65. The zero-order valence-electron chi connectivity index (χ0n) is 52.7. The van der Waals surface area contributed by atoms with Crippen LogP contribution in [0.25, 0.3) is 0 Å². The Kier molecular flexibility index (Phi) is 65.1. The predicted molar refractivity (Wildman–Crippen MR) is 339 cm³/mol. The largest absolute Gasteiger partial charge is 0.462 e. The molecule has 0 N–H and O–H groups in total. The quantitative estimate of drug-likeness (QED) is 0.0261. The first kappa shape index (κ1) is 75.6. The van der Waals surface area contributed by atoms with Crippen LogP contribution in [0.5, 0.6) is 0 Å².